The zero-order chi connectivity index (χ0) is 22.0. The first kappa shape index (κ1) is 21.0. The number of pyridine rings is 1. The maximum absolute atomic E-state index is 6.33. The summed E-state index contributed by atoms with van der Waals surface area (Å²) in [5.74, 6) is 0.763. The third kappa shape index (κ3) is 3.69. The molecule has 0 spiro atoms. The number of benzene rings is 1. The van der Waals surface area contributed by atoms with Gasteiger partial charge in [-0.2, -0.15) is 0 Å². The van der Waals surface area contributed by atoms with Gasteiger partial charge < -0.3 is 14.0 Å². The van der Waals surface area contributed by atoms with Gasteiger partial charge in [-0.05, 0) is 77.0 Å². The van der Waals surface area contributed by atoms with Crippen LogP contribution in [0.3, 0.4) is 0 Å². The first-order chi connectivity index (χ1) is 14.5. The predicted molar refractivity (Wildman–Crippen MR) is 123 cm³/mol. The van der Waals surface area contributed by atoms with Gasteiger partial charge in [0.1, 0.15) is 5.60 Å². The molecule has 1 aromatic carbocycles. The third-order valence-electron chi connectivity index (χ3n) is 7.36. The molecule has 0 bridgehead atoms. The van der Waals surface area contributed by atoms with Crippen molar-refractivity contribution < 1.29 is 14.0 Å². The van der Waals surface area contributed by atoms with Crippen LogP contribution in [0.25, 0.3) is 0 Å². The monoisotopic (exact) mass is 420 g/mol. The van der Waals surface area contributed by atoms with Crippen molar-refractivity contribution in [3.63, 3.8) is 0 Å². The van der Waals surface area contributed by atoms with Gasteiger partial charge in [0.25, 0.3) is 0 Å². The Labute approximate surface area is 186 Å². The largest absolute Gasteiger partial charge is 0.494 e. The SMILES string of the molecule is CC1(C)CN(C2CCc3ccc(B4OC(C)(C)C(C)(C)O4)cc32)Cc2cccnc2O1. The van der Waals surface area contributed by atoms with E-state index < -0.39 is 0 Å². The van der Waals surface area contributed by atoms with Gasteiger partial charge in [-0.3, -0.25) is 4.90 Å². The van der Waals surface area contributed by atoms with Crippen molar-refractivity contribution in [2.24, 2.45) is 0 Å². The second-order valence-electron chi connectivity index (χ2n) is 10.8. The van der Waals surface area contributed by atoms with Crippen molar-refractivity contribution in [2.75, 3.05) is 6.54 Å². The Kier molecular flexibility index (Phi) is 4.78. The van der Waals surface area contributed by atoms with Gasteiger partial charge in [-0.15, -0.1) is 0 Å². The van der Waals surface area contributed by atoms with E-state index in [-0.39, 0.29) is 23.9 Å². The Morgan fingerprint density at radius 1 is 1.00 bits per heavy atom. The van der Waals surface area contributed by atoms with Crippen LogP contribution < -0.4 is 10.2 Å². The van der Waals surface area contributed by atoms with Gasteiger partial charge in [0, 0.05) is 30.9 Å². The number of rotatable bonds is 2. The van der Waals surface area contributed by atoms with Crippen LogP contribution in [0, 0.1) is 0 Å². The lowest BCUT2D eigenvalue weighted by Crippen LogP contribution is -2.42. The van der Waals surface area contributed by atoms with E-state index in [1.54, 1.807) is 0 Å². The van der Waals surface area contributed by atoms with Crippen LogP contribution in [0.1, 0.15) is 70.7 Å². The second-order valence-corrected chi connectivity index (χ2v) is 10.8. The van der Waals surface area contributed by atoms with E-state index in [2.05, 4.69) is 75.7 Å². The van der Waals surface area contributed by atoms with Crippen molar-refractivity contribution in [1.82, 2.24) is 9.88 Å². The molecular formula is C25H33BN2O3. The zero-order valence-corrected chi connectivity index (χ0v) is 19.6. The molecule has 5 rings (SSSR count). The van der Waals surface area contributed by atoms with E-state index in [0.717, 1.165) is 42.8 Å². The molecule has 0 amide bonds. The zero-order valence-electron chi connectivity index (χ0n) is 19.6. The summed E-state index contributed by atoms with van der Waals surface area (Å²) in [5, 5.41) is 0. The van der Waals surface area contributed by atoms with E-state index >= 15 is 0 Å². The van der Waals surface area contributed by atoms with Gasteiger partial charge >= 0.3 is 7.12 Å². The summed E-state index contributed by atoms with van der Waals surface area (Å²) in [6.45, 7) is 14.4. The van der Waals surface area contributed by atoms with E-state index in [4.69, 9.17) is 14.0 Å². The van der Waals surface area contributed by atoms with Crippen LogP contribution >= 0.6 is 0 Å². The standard InChI is InChI=1S/C25H33BN2O3/c1-23(2)16-28(15-18-8-7-13-27-22(18)29-23)21-12-10-17-9-11-19(14-20(17)21)26-30-24(3,4)25(5,6)31-26/h7-9,11,13-14,21H,10,12,15-16H2,1-6H3. The van der Waals surface area contributed by atoms with Crippen LogP contribution in [0.15, 0.2) is 36.5 Å². The van der Waals surface area contributed by atoms with Gasteiger partial charge in [0.15, 0.2) is 0 Å². The molecule has 2 aromatic rings. The smallest absolute Gasteiger partial charge is 0.470 e. The highest BCUT2D eigenvalue weighted by Gasteiger charge is 2.52. The summed E-state index contributed by atoms with van der Waals surface area (Å²) in [5.41, 5.74) is 4.12. The number of hydrogen-bond donors (Lipinski definition) is 0. The van der Waals surface area contributed by atoms with Gasteiger partial charge in [0.05, 0.1) is 11.2 Å². The molecular weight excluding hydrogens is 387 g/mol. The molecule has 31 heavy (non-hydrogen) atoms. The number of fused-ring (bicyclic) bond motifs is 2. The van der Waals surface area contributed by atoms with E-state index in [1.165, 1.54) is 11.1 Å². The quantitative estimate of drug-likeness (QED) is 0.687. The van der Waals surface area contributed by atoms with E-state index in [0.29, 0.717) is 6.04 Å². The van der Waals surface area contributed by atoms with E-state index in [1.807, 2.05) is 12.3 Å². The minimum Gasteiger partial charge on any atom is -0.470 e. The predicted octanol–water partition coefficient (Wildman–Crippen LogP) is 4.04. The highest BCUT2D eigenvalue weighted by atomic mass is 16.7. The third-order valence-corrected chi connectivity index (χ3v) is 7.36. The molecule has 164 valence electrons. The molecule has 1 fully saturated rings. The van der Waals surface area contributed by atoms with Crippen molar-refractivity contribution in [3.05, 3.63) is 53.2 Å². The molecule has 3 heterocycles. The molecule has 0 saturated carbocycles. The number of ether oxygens (including phenoxy) is 1. The molecule has 5 nitrogen and oxygen atoms in total. The summed E-state index contributed by atoms with van der Waals surface area (Å²) in [6.07, 6.45) is 4.03. The van der Waals surface area contributed by atoms with Crippen molar-refractivity contribution in [1.29, 1.82) is 0 Å². The van der Waals surface area contributed by atoms with Crippen molar-refractivity contribution >= 4 is 12.6 Å². The fourth-order valence-corrected chi connectivity index (χ4v) is 5.02. The highest BCUT2D eigenvalue weighted by molar-refractivity contribution is 6.62. The Balaban J connectivity index is 1.46. The first-order valence-corrected chi connectivity index (χ1v) is 11.4. The minimum atomic E-state index is -0.334. The average Bonchev–Trinajstić information content (AvgIpc) is 3.14. The molecule has 1 atom stereocenters. The maximum Gasteiger partial charge on any atom is 0.494 e. The maximum atomic E-state index is 6.33. The average molecular weight is 420 g/mol. The molecule has 1 aromatic heterocycles. The number of aromatic nitrogens is 1. The van der Waals surface area contributed by atoms with Gasteiger partial charge in [-0.1, -0.05) is 24.3 Å². The molecule has 3 aliphatic rings. The van der Waals surface area contributed by atoms with Crippen LogP contribution in [0.2, 0.25) is 0 Å². The normalized spacial score (nSPS) is 26.1. The summed E-state index contributed by atoms with van der Waals surface area (Å²) < 4.78 is 18.9. The summed E-state index contributed by atoms with van der Waals surface area (Å²) in [7, 11) is -0.328. The number of hydrogen-bond acceptors (Lipinski definition) is 5. The van der Waals surface area contributed by atoms with Crippen LogP contribution in [0.4, 0.5) is 0 Å². The minimum absolute atomic E-state index is 0.300. The highest BCUT2D eigenvalue weighted by Crippen LogP contribution is 2.41. The number of aryl methyl sites for hydroxylation is 1. The second kappa shape index (κ2) is 7.06. The Morgan fingerprint density at radius 3 is 2.48 bits per heavy atom. The van der Waals surface area contributed by atoms with Gasteiger partial charge in [0.2, 0.25) is 5.88 Å². The summed E-state index contributed by atoms with van der Waals surface area (Å²) in [6, 6.07) is 11.2. The lowest BCUT2D eigenvalue weighted by molar-refractivity contribution is 0.00578. The number of nitrogens with zero attached hydrogens (tertiary/aromatic N) is 2. The van der Waals surface area contributed by atoms with Crippen molar-refractivity contribution in [2.45, 2.75) is 83.8 Å². The molecule has 1 aliphatic carbocycles. The summed E-state index contributed by atoms with van der Waals surface area (Å²) >= 11 is 0. The Morgan fingerprint density at radius 2 is 1.74 bits per heavy atom. The molecule has 0 N–H and O–H groups in total. The molecule has 1 saturated heterocycles. The molecule has 2 aliphatic heterocycles. The Bertz CT molecular complexity index is 988. The Hall–Kier alpha value is -1.89. The first-order valence-electron chi connectivity index (χ1n) is 11.4. The summed E-state index contributed by atoms with van der Waals surface area (Å²) in [4.78, 5) is 7.05. The van der Waals surface area contributed by atoms with Crippen LogP contribution in [-0.4, -0.2) is 40.4 Å². The lowest BCUT2D eigenvalue weighted by atomic mass is 9.77. The van der Waals surface area contributed by atoms with Gasteiger partial charge in [-0.25, -0.2) is 4.98 Å². The van der Waals surface area contributed by atoms with Crippen LogP contribution in [-0.2, 0) is 22.3 Å². The molecule has 0 radical (unpaired) electrons. The van der Waals surface area contributed by atoms with Crippen LogP contribution in [0.5, 0.6) is 5.88 Å². The molecule has 1 unspecified atom stereocenters. The van der Waals surface area contributed by atoms with Crippen molar-refractivity contribution in [3.8, 4) is 5.88 Å². The fourth-order valence-electron chi connectivity index (χ4n) is 5.02. The fraction of sp³-hybridized carbons (Fsp3) is 0.560. The topological polar surface area (TPSA) is 43.8 Å². The van der Waals surface area contributed by atoms with E-state index in [9.17, 15) is 0 Å². The lowest BCUT2D eigenvalue weighted by Gasteiger charge is -2.33. The molecule has 6 heteroatoms.